The summed E-state index contributed by atoms with van der Waals surface area (Å²) in [5.41, 5.74) is 2.61. The number of anilines is 1. The zero-order valence-electron chi connectivity index (χ0n) is 19.1. The van der Waals surface area contributed by atoms with Crippen molar-refractivity contribution in [1.82, 2.24) is 14.7 Å². The molecule has 4 amide bonds. The van der Waals surface area contributed by atoms with Crippen LogP contribution in [0.5, 0.6) is 0 Å². The van der Waals surface area contributed by atoms with Crippen LogP contribution in [0.2, 0.25) is 5.02 Å². The van der Waals surface area contributed by atoms with Gasteiger partial charge in [0.15, 0.2) is 0 Å². The predicted octanol–water partition coefficient (Wildman–Crippen LogP) is 4.23. The van der Waals surface area contributed by atoms with E-state index >= 15 is 0 Å². The van der Waals surface area contributed by atoms with Gasteiger partial charge in [-0.2, -0.15) is 0 Å². The third-order valence-corrected chi connectivity index (χ3v) is 7.55. The number of hydrogen-bond donors (Lipinski definition) is 1. The molecular weight excluding hydrogens is 452 g/mol. The van der Waals surface area contributed by atoms with E-state index in [0.717, 1.165) is 24.0 Å². The first-order chi connectivity index (χ1) is 16.5. The van der Waals surface area contributed by atoms with E-state index in [4.69, 9.17) is 11.6 Å². The minimum Gasteiger partial charge on any atom is -0.342 e. The van der Waals surface area contributed by atoms with Crippen LogP contribution in [0.1, 0.15) is 41.6 Å². The van der Waals surface area contributed by atoms with Crippen LogP contribution in [0.4, 0.5) is 10.5 Å². The van der Waals surface area contributed by atoms with Gasteiger partial charge in [-0.3, -0.25) is 9.59 Å². The minimum absolute atomic E-state index is 0.0474. The number of rotatable bonds is 3. The molecule has 0 aromatic heterocycles. The maximum Gasteiger partial charge on any atom is 0.321 e. The lowest BCUT2D eigenvalue weighted by Gasteiger charge is -2.39. The van der Waals surface area contributed by atoms with E-state index in [0.29, 0.717) is 56.3 Å². The number of urea groups is 1. The number of piperidine rings is 2. The topological polar surface area (TPSA) is 73.0 Å². The van der Waals surface area contributed by atoms with Gasteiger partial charge in [0.25, 0.3) is 5.91 Å². The Morgan fingerprint density at radius 3 is 2.18 bits per heavy atom. The first-order valence-electron chi connectivity index (χ1n) is 12.0. The van der Waals surface area contributed by atoms with E-state index in [9.17, 15) is 14.4 Å². The standard InChI is InChI=1S/C26H29ClN4O3/c27-20-5-7-21(8-6-20)28-26(34)30-13-9-18(10-14-30)24(32)29-15-11-22(12-16-29)31-17-19-3-1-2-4-23(19)25(31)33/h1-8,18,22H,9-17H2,(H,28,34). The Kier molecular flexibility index (Phi) is 6.46. The Hall–Kier alpha value is -3.06. The van der Waals surface area contributed by atoms with E-state index < -0.39 is 0 Å². The molecule has 2 aromatic carbocycles. The van der Waals surface area contributed by atoms with Gasteiger partial charge < -0.3 is 20.0 Å². The van der Waals surface area contributed by atoms with Crippen molar-refractivity contribution in [2.75, 3.05) is 31.5 Å². The SMILES string of the molecule is O=C(Nc1ccc(Cl)cc1)N1CCC(C(=O)N2CCC(N3Cc4ccccc4C3=O)CC2)CC1. The second-order valence-corrected chi connectivity index (χ2v) is 9.78. The molecule has 3 aliphatic rings. The average Bonchev–Trinajstić information content (AvgIpc) is 3.21. The summed E-state index contributed by atoms with van der Waals surface area (Å²) in [6.45, 7) is 3.16. The molecular formula is C26H29ClN4O3. The van der Waals surface area contributed by atoms with Gasteiger partial charge in [-0.05, 0) is 61.6 Å². The molecule has 0 bridgehead atoms. The number of carbonyl (C=O) groups is 3. The molecule has 0 spiro atoms. The zero-order chi connectivity index (χ0) is 23.7. The lowest BCUT2D eigenvalue weighted by Crippen LogP contribution is -2.50. The highest BCUT2D eigenvalue weighted by molar-refractivity contribution is 6.30. The van der Waals surface area contributed by atoms with Crippen molar-refractivity contribution in [1.29, 1.82) is 0 Å². The van der Waals surface area contributed by atoms with Crippen LogP contribution in [0.15, 0.2) is 48.5 Å². The number of benzene rings is 2. The van der Waals surface area contributed by atoms with Crippen LogP contribution >= 0.6 is 11.6 Å². The molecule has 34 heavy (non-hydrogen) atoms. The van der Waals surface area contributed by atoms with Crippen LogP contribution in [-0.2, 0) is 11.3 Å². The maximum atomic E-state index is 13.1. The Bertz CT molecular complexity index is 1070. The average molecular weight is 481 g/mol. The summed E-state index contributed by atoms with van der Waals surface area (Å²) in [4.78, 5) is 44.2. The molecule has 5 rings (SSSR count). The number of likely N-dealkylation sites (tertiary alicyclic amines) is 2. The van der Waals surface area contributed by atoms with Gasteiger partial charge in [-0.25, -0.2) is 4.79 Å². The highest BCUT2D eigenvalue weighted by atomic mass is 35.5. The number of nitrogens with zero attached hydrogens (tertiary/aromatic N) is 3. The third-order valence-electron chi connectivity index (χ3n) is 7.29. The van der Waals surface area contributed by atoms with Gasteiger partial charge in [0, 0.05) is 61.0 Å². The lowest BCUT2D eigenvalue weighted by molar-refractivity contribution is -0.138. The summed E-state index contributed by atoms with van der Waals surface area (Å²) in [7, 11) is 0. The van der Waals surface area contributed by atoms with Crippen molar-refractivity contribution in [2.24, 2.45) is 5.92 Å². The van der Waals surface area contributed by atoms with Crippen molar-refractivity contribution in [2.45, 2.75) is 38.3 Å². The number of fused-ring (bicyclic) bond motifs is 1. The van der Waals surface area contributed by atoms with Gasteiger partial charge in [-0.1, -0.05) is 29.8 Å². The molecule has 7 nitrogen and oxygen atoms in total. The molecule has 3 aliphatic heterocycles. The van der Waals surface area contributed by atoms with Crippen molar-refractivity contribution >= 4 is 35.1 Å². The van der Waals surface area contributed by atoms with E-state index in [2.05, 4.69) is 5.32 Å². The van der Waals surface area contributed by atoms with Gasteiger partial charge in [0.2, 0.25) is 5.91 Å². The lowest BCUT2D eigenvalue weighted by atomic mass is 9.93. The highest BCUT2D eigenvalue weighted by Crippen LogP contribution is 2.29. The molecule has 2 fully saturated rings. The molecule has 2 aromatic rings. The van der Waals surface area contributed by atoms with Crippen LogP contribution in [0.25, 0.3) is 0 Å². The van der Waals surface area contributed by atoms with Crippen LogP contribution < -0.4 is 5.32 Å². The molecule has 1 N–H and O–H groups in total. The summed E-state index contributed by atoms with van der Waals surface area (Å²) in [6, 6.07) is 14.9. The fourth-order valence-electron chi connectivity index (χ4n) is 5.29. The predicted molar refractivity (Wildman–Crippen MR) is 131 cm³/mol. The van der Waals surface area contributed by atoms with Gasteiger partial charge in [0.05, 0.1) is 0 Å². The molecule has 2 saturated heterocycles. The fourth-order valence-corrected chi connectivity index (χ4v) is 5.42. The van der Waals surface area contributed by atoms with Gasteiger partial charge in [-0.15, -0.1) is 0 Å². The Balaban J connectivity index is 1.08. The number of hydrogen-bond acceptors (Lipinski definition) is 3. The summed E-state index contributed by atoms with van der Waals surface area (Å²) in [6.07, 6.45) is 2.97. The van der Waals surface area contributed by atoms with Crippen molar-refractivity contribution < 1.29 is 14.4 Å². The molecule has 178 valence electrons. The molecule has 8 heteroatoms. The number of halogens is 1. The van der Waals surface area contributed by atoms with Crippen molar-refractivity contribution in [3.63, 3.8) is 0 Å². The largest absolute Gasteiger partial charge is 0.342 e. The van der Waals surface area contributed by atoms with Crippen molar-refractivity contribution in [3.05, 3.63) is 64.7 Å². The summed E-state index contributed by atoms with van der Waals surface area (Å²) in [5.74, 6) is 0.255. The molecule has 0 saturated carbocycles. The Morgan fingerprint density at radius 1 is 0.853 bits per heavy atom. The third kappa shape index (κ3) is 4.62. The normalized spacial score (nSPS) is 19.3. The first kappa shape index (κ1) is 22.7. The van der Waals surface area contributed by atoms with Crippen molar-refractivity contribution in [3.8, 4) is 0 Å². The fraction of sp³-hybridized carbons (Fsp3) is 0.423. The number of carbonyl (C=O) groups excluding carboxylic acids is 3. The summed E-state index contributed by atoms with van der Waals surface area (Å²) in [5, 5.41) is 3.51. The minimum atomic E-state index is -0.148. The number of amides is 4. The Morgan fingerprint density at radius 2 is 1.50 bits per heavy atom. The number of nitrogens with one attached hydrogen (secondary N) is 1. The summed E-state index contributed by atoms with van der Waals surface area (Å²) < 4.78 is 0. The van der Waals surface area contributed by atoms with Crippen LogP contribution in [0.3, 0.4) is 0 Å². The van der Waals surface area contributed by atoms with Gasteiger partial charge in [0.1, 0.15) is 0 Å². The van der Waals surface area contributed by atoms with E-state index in [-0.39, 0.29) is 29.8 Å². The zero-order valence-corrected chi connectivity index (χ0v) is 19.8. The van der Waals surface area contributed by atoms with E-state index in [1.807, 2.05) is 34.1 Å². The second-order valence-electron chi connectivity index (χ2n) is 9.35. The first-order valence-corrected chi connectivity index (χ1v) is 12.4. The Labute approximate surface area is 204 Å². The molecule has 0 radical (unpaired) electrons. The highest BCUT2D eigenvalue weighted by Gasteiger charge is 2.37. The quantitative estimate of drug-likeness (QED) is 0.714. The monoisotopic (exact) mass is 480 g/mol. The molecule has 0 atom stereocenters. The van der Waals surface area contributed by atoms with E-state index in [1.165, 1.54) is 0 Å². The summed E-state index contributed by atoms with van der Waals surface area (Å²) >= 11 is 5.90. The molecule has 0 unspecified atom stereocenters. The smallest absolute Gasteiger partial charge is 0.321 e. The molecule has 0 aliphatic carbocycles. The van der Waals surface area contributed by atoms with E-state index in [1.54, 1.807) is 29.2 Å². The second kappa shape index (κ2) is 9.66. The maximum absolute atomic E-state index is 13.1. The molecule has 3 heterocycles. The van der Waals surface area contributed by atoms with Crippen LogP contribution in [0, 0.1) is 5.92 Å². The van der Waals surface area contributed by atoms with Gasteiger partial charge >= 0.3 is 6.03 Å². The van der Waals surface area contributed by atoms with Crippen LogP contribution in [-0.4, -0.2) is 64.8 Å².